The molecule has 1 unspecified atom stereocenters. The molecular weight excluding hydrogens is 148 g/mol. The summed E-state index contributed by atoms with van der Waals surface area (Å²) < 4.78 is 0. The molecule has 0 fully saturated rings. The fourth-order valence-electron chi connectivity index (χ4n) is 1.22. The third-order valence-corrected chi connectivity index (χ3v) is 1.85. The average Bonchev–Trinajstić information content (AvgIpc) is 2.03. The van der Waals surface area contributed by atoms with Crippen LogP contribution in [0.4, 0.5) is 0 Å². The summed E-state index contributed by atoms with van der Waals surface area (Å²) in [6.45, 7) is 9.53. The van der Waals surface area contributed by atoms with E-state index in [4.69, 9.17) is 0 Å². The van der Waals surface area contributed by atoms with Crippen LogP contribution in [0.15, 0.2) is 24.8 Å². The van der Waals surface area contributed by atoms with Gasteiger partial charge < -0.3 is 5.11 Å². The smallest absolute Gasteiger partial charge is 0.123 e. The van der Waals surface area contributed by atoms with E-state index < -0.39 is 0 Å². The van der Waals surface area contributed by atoms with Gasteiger partial charge in [0.25, 0.3) is 0 Å². The molecule has 63 valence electrons. The third-order valence-electron chi connectivity index (χ3n) is 1.85. The Kier molecular flexibility index (Phi) is 2.54. The summed E-state index contributed by atoms with van der Waals surface area (Å²) in [6.07, 6.45) is 1.66. The van der Waals surface area contributed by atoms with Crippen LogP contribution in [0.2, 0.25) is 0 Å². The van der Waals surface area contributed by atoms with Gasteiger partial charge in [-0.3, -0.25) is 0 Å². The molecule has 0 spiro atoms. The number of rotatable bonds is 2. The summed E-state index contributed by atoms with van der Waals surface area (Å²) in [5.74, 6) is 0.447. The number of phenols is 1. The van der Waals surface area contributed by atoms with Crippen molar-refractivity contribution in [3.05, 3.63) is 42.8 Å². The third kappa shape index (κ3) is 1.50. The van der Waals surface area contributed by atoms with Gasteiger partial charge in [0.2, 0.25) is 0 Å². The Morgan fingerprint density at radius 1 is 1.50 bits per heavy atom. The van der Waals surface area contributed by atoms with Crippen molar-refractivity contribution in [1.82, 2.24) is 0 Å². The molecule has 0 bridgehead atoms. The monoisotopic (exact) mass is 161 g/mol. The van der Waals surface area contributed by atoms with E-state index in [1.165, 1.54) is 0 Å². The van der Waals surface area contributed by atoms with Gasteiger partial charge in [0.15, 0.2) is 0 Å². The molecule has 0 aliphatic heterocycles. The first-order chi connectivity index (χ1) is 5.66. The van der Waals surface area contributed by atoms with Gasteiger partial charge in [-0.25, -0.2) is 0 Å². The molecule has 0 aliphatic rings. The molecule has 1 rings (SSSR count). The van der Waals surface area contributed by atoms with Crippen molar-refractivity contribution >= 4 is 6.08 Å². The van der Waals surface area contributed by atoms with Gasteiger partial charge in [-0.05, 0) is 24.5 Å². The summed E-state index contributed by atoms with van der Waals surface area (Å²) >= 11 is 0. The van der Waals surface area contributed by atoms with Crippen LogP contribution in [-0.4, -0.2) is 5.11 Å². The van der Waals surface area contributed by atoms with Gasteiger partial charge in [0.1, 0.15) is 5.75 Å². The van der Waals surface area contributed by atoms with Crippen molar-refractivity contribution in [2.24, 2.45) is 0 Å². The van der Waals surface area contributed by atoms with Gasteiger partial charge in [-0.1, -0.05) is 31.7 Å². The lowest BCUT2D eigenvalue weighted by Crippen LogP contribution is -1.91. The lowest BCUT2D eigenvalue weighted by Gasteiger charge is -2.10. The highest BCUT2D eigenvalue weighted by atomic mass is 16.3. The van der Waals surface area contributed by atoms with Crippen molar-refractivity contribution < 1.29 is 5.11 Å². The van der Waals surface area contributed by atoms with Gasteiger partial charge in [-0.2, -0.15) is 0 Å². The van der Waals surface area contributed by atoms with Crippen LogP contribution in [0.3, 0.4) is 0 Å². The predicted molar refractivity (Wildman–Crippen MR) is 52.0 cm³/mol. The second-order valence-electron chi connectivity index (χ2n) is 2.89. The molecule has 0 aromatic heterocycles. The fourth-order valence-corrected chi connectivity index (χ4v) is 1.22. The Balaban J connectivity index is 3.27. The minimum absolute atomic E-state index is 0.171. The lowest BCUT2D eigenvalue weighted by atomic mass is 9.97. The quantitative estimate of drug-likeness (QED) is 0.707. The Morgan fingerprint density at radius 2 is 2.17 bits per heavy atom. The van der Waals surface area contributed by atoms with E-state index in [0.29, 0.717) is 0 Å². The summed E-state index contributed by atoms with van der Waals surface area (Å²) in [7, 11) is 0. The number of phenolic OH excluding ortho intramolecular Hbond substituents is 1. The van der Waals surface area contributed by atoms with Crippen molar-refractivity contribution in [3.63, 3.8) is 0 Å². The maximum atomic E-state index is 9.44. The van der Waals surface area contributed by atoms with Crippen LogP contribution >= 0.6 is 0 Å². The minimum Gasteiger partial charge on any atom is -0.507 e. The normalized spacial score (nSPS) is 10.2. The Labute approximate surface area is 73.4 Å². The summed E-state index contributed by atoms with van der Waals surface area (Å²) in [4.78, 5) is 0. The van der Waals surface area contributed by atoms with Crippen LogP contribution in [0, 0.1) is 6.92 Å². The molecule has 1 aromatic carbocycles. The van der Waals surface area contributed by atoms with Gasteiger partial charge in [0.05, 0.1) is 0 Å². The Hall–Kier alpha value is -1.24. The molecule has 0 aliphatic carbocycles. The zero-order valence-corrected chi connectivity index (χ0v) is 7.25. The van der Waals surface area contributed by atoms with Gasteiger partial charge in [-0.15, -0.1) is 0 Å². The molecular formula is C11H13O. The predicted octanol–water partition coefficient (Wildman–Crippen LogP) is 2.97. The van der Waals surface area contributed by atoms with Crippen LogP contribution < -0.4 is 0 Å². The molecule has 1 atom stereocenters. The lowest BCUT2D eigenvalue weighted by molar-refractivity contribution is 0.473. The molecule has 0 saturated carbocycles. The van der Waals surface area contributed by atoms with E-state index in [2.05, 4.69) is 13.5 Å². The second kappa shape index (κ2) is 3.44. The van der Waals surface area contributed by atoms with Crippen LogP contribution in [0.25, 0.3) is 6.08 Å². The maximum Gasteiger partial charge on any atom is 0.123 e. The molecule has 1 nitrogen and oxygen atoms in total. The summed E-state index contributed by atoms with van der Waals surface area (Å²) in [6, 6.07) is 5.43. The highest BCUT2D eigenvalue weighted by molar-refractivity contribution is 5.60. The van der Waals surface area contributed by atoms with Crippen molar-refractivity contribution in [2.45, 2.75) is 12.8 Å². The molecule has 1 aromatic rings. The van der Waals surface area contributed by atoms with Crippen molar-refractivity contribution in [2.75, 3.05) is 0 Å². The molecule has 1 N–H and O–H groups in total. The van der Waals surface area contributed by atoms with E-state index >= 15 is 0 Å². The highest BCUT2D eigenvalue weighted by Gasteiger charge is 2.06. The Bertz CT molecular complexity index is 287. The zero-order chi connectivity index (χ0) is 9.14. The molecule has 1 radical (unpaired) electrons. The first kappa shape index (κ1) is 8.85. The fraction of sp³-hybridized carbons (Fsp3) is 0.182. The maximum absolute atomic E-state index is 9.44. The number of benzene rings is 1. The van der Waals surface area contributed by atoms with E-state index in [0.717, 1.165) is 11.1 Å². The second-order valence-corrected chi connectivity index (χ2v) is 2.89. The van der Waals surface area contributed by atoms with Crippen LogP contribution in [-0.2, 0) is 0 Å². The molecule has 0 heterocycles. The number of aromatic hydroxyl groups is 1. The highest BCUT2D eigenvalue weighted by Crippen LogP contribution is 2.27. The van der Waals surface area contributed by atoms with Crippen LogP contribution in [0.5, 0.6) is 5.75 Å². The topological polar surface area (TPSA) is 20.2 Å². The Morgan fingerprint density at radius 3 is 2.58 bits per heavy atom. The van der Waals surface area contributed by atoms with Crippen molar-refractivity contribution in [1.29, 1.82) is 0 Å². The zero-order valence-electron chi connectivity index (χ0n) is 7.25. The standard InChI is InChI=1S/C11H13O/c1-4-9-10(8(2)3)6-5-7-11(9)12/h4-8,12H,1-2H2,3H3. The number of hydrogen-bond donors (Lipinski definition) is 1. The minimum atomic E-state index is 0.171. The molecule has 1 heteroatoms. The summed E-state index contributed by atoms with van der Waals surface area (Å²) in [5.41, 5.74) is 1.82. The van der Waals surface area contributed by atoms with Gasteiger partial charge in [0, 0.05) is 5.56 Å². The SMILES string of the molecule is [CH2]C(C)c1cccc(O)c1C=C. The molecule has 12 heavy (non-hydrogen) atoms. The van der Waals surface area contributed by atoms with Gasteiger partial charge >= 0.3 is 0 Å². The van der Waals surface area contributed by atoms with Crippen LogP contribution in [0.1, 0.15) is 24.0 Å². The van der Waals surface area contributed by atoms with E-state index in [1.807, 2.05) is 19.1 Å². The average molecular weight is 161 g/mol. The molecule has 0 saturated heterocycles. The van der Waals surface area contributed by atoms with E-state index in [1.54, 1.807) is 12.1 Å². The number of hydrogen-bond acceptors (Lipinski definition) is 1. The summed E-state index contributed by atoms with van der Waals surface area (Å²) in [5, 5.41) is 9.44. The van der Waals surface area contributed by atoms with E-state index in [-0.39, 0.29) is 11.7 Å². The first-order valence-corrected chi connectivity index (χ1v) is 3.94. The largest absolute Gasteiger partial charge is 0.507 e. The first-order valence-electron chi connectivity index (χ1n) is 3.94. The molecule has 0 amide bonds. The van der Waals surface area contributed by atoms with E-state index in [9.17, 15) is 5.11 Å². The van der Waals surface area contributed by atoms with Crippen molar-refractivity contribution in [3.8, 4) is 5.75 Å².